The Morgan fingerprint density at radius 1 is 0.912 bits per heavy atom. The number of carbonyl (C=O) groups excluding carboxylic acids is 2. The summed E-state index contributed by atoms with van der Waals surface area (Å²) in [7, 11) is 0. The molecule has 3 rings (SSSR count). The molecule has 9 heteroatoms. The molecule has 0 bridgehead atoms. The highest BCUT2D eigenvalue weighted by Gasteiger charge is 2.16. The lowest BCUT2D eigenvalue weighted by Gasteiger charge is -2.18. The van der Waals surface area contributed by atoms with Crippen LogP contribution in [0.25, 0.3) is 0 Å². The van der Waals surface area contributed by atoms with Gasteiger partial charge in [-0.1, -0.05) is 48.5 Å². The number of esters is 1. The Morgan fingerprint density at radius 3 is 2.21 bits per heavy atom. The van der Waals surface area contributed by atoms with Crippen molar-refractivity contribution < 1.29 is 24.0 Å². The van der Waals surface area contributed by atoms with E-state index in [1.807, 2.05) is 60.7 Å². The van der Waals surface area contributed by atoms with E-state index < -0.39 is 17.0 Å². The number of nitro groups is 1. The summed E-state index contributed by atoms with van der Waals surface area (Å²) < 4.78 is 10.6. The van der Waals surface area contributed by atoms with Gasteiger partial charge in [-0.2, -0.15) is 0 Å². The van der Waals surface area contributed by atoms with Crippen molar-refractivity contribution in [1.29, 1.82) is 0 Å². The van der Waals surface area contributed by atoms with Crippen LogP contribution in [-0.4, -0.2) is 35.4 Å². The zero-order chi connectivity index (χ0) is 24.2. The summed E-state index contributed by atoms with van der Waals surface area (Å²) in [6.45, 7) is 0.217. The molecule has 1 unspecified atom stereocenters. The van der Waals surface area contributed by atoms with Crippen LogP contribution in [0.1, 0.15) is 22.3 Å². The quantitative estimate of drug-likeness (QED) is 0.173. The highest BCUT2D eigenvalue weighted by atomic mass is 32.2. The molecule has 1 atom stereocenters. The molecule has 0 heterocycles. The molecule has 3 aromatic carbocycles. The number of hydrogen-bond donors (Lipinski definition) is 1. The molecule has 0 aliphatic heterocycles. The summed E-state index contributed by atoms with van der Waals surface area (Å²) in [6.07, 6.45) is -0.178. The predicted octanol–water partition coefficient (Wildman–Crippen LogP) is 5.23. The first kappa shape index (κ1) is 24.8. The standard InChI is InChI=1S/C25H24N2O6S/c28-24(20-11-13-22(14-12-20)27(30)31)32-16-15-21(18-34-23-9-5-2-6-10-23)26-25(29)33-17-19-7-3-1-4-8-19/h1-14,21H,15-18H2,(H,26,29). The van der Waals surface area contributed by atoms with Crippen LogP contribution in [0, 0.1) is 10.1 Å². The van der Waals surface area contributed by atoms with Crippen molar-refractivity contribution in [1.82, 2.24) is 5.32 Å². The molecule has 176 valence electrons. The Bertz CT molecular complexity index is 1080. The van der Waals surface area contributed by atoms with E-state index in [1.165, 1.54) is 24.3 Å². The van der Waals surface area contributed by atoms with E-state index >= 15 is 0 Å². The summed E-state index contributed by atoms with van der Waals surface area (Å²) in [4.78, 5) is 35.9. The number of benzene rings is 3. The zero-order valence-corrected chi connectivity index (χ0v) is 19.1. The van der Waals surface area contributed by atoms with Gasteiger partial charge in [0.25, 0.3) is 5.69 Å². The van der Waals surface area contributed by atoms with Crippen molar-refractivity contribution in [2.24, 2.45) is 0 Å². The number of hydrogen-bond acceptors (Lipinski definition) is 7. The van der Waals surface area contributed by atoms with Gasteiger partial charge in [-0.15, -0.1) is 11.8 Å². The highest BCUT2D eigenvalue weighted by Crippen LogP contribution is 2.19. The molecule has 0 saturated heterocycles. The fraction of sp³-hybridized carbons (Fsp3) is 0.200. The van der Waals surface area contributed by atoms with E-state index in [0.717, 1.165) is 10.5 Å². The fourth-order valence-electron chi connectivity index (χ4n) is 2.94. The second-order valence-corrected chi connectivity index (χ2v) is 8.35. The zero-order valence-electron chi connectivity index (χ0n) is 18.3. The molecule has 0 spiro atoms. The number of nitrogens with zero attached hydrogens (tertiary/aromatic N) is 1. The fourth-order valence-corrected chi connectivity index (χ4v) is 3.93. The molecular weight excluding hydrogens is 456 g/mol. The molecule has 0 aromatic heterocycles. The molecule has 0 aliphatic rings. The van der Waals surface area contributed by atoms with Crippen molar-refractivity contribution in [3.8, 4) is 0 Å². The Labute approximate surface area is 201 Å². The summed E-state index contributed by atoms with van der Waals surface area (Å²) in [6, 6.07) is 24.0. The van der Waals surface area contributed by atoms with Crippen LogP contribution in [0.15, 0.2) is 89.8 Å². The van der Waals surface area contributed by atoms with Crippen LogP contribution < -0.4 is 5.32 Å². The summed E-state index contributed by atoms with van der Waals surface area (Å²) in [5.41, 5.74) is 0.994. The Hall–Kier alpha value is -3.85. The number of rotatable bonds is 11. The summed E-state index contributed by atoms with van der Waals surface area (Å²) >= 11 is 1.57. The number of thioether (sulfide) groups is 1. The number of ether oxygens (including phenoxy) is 2. The van der Waals surface area contributed by atoms with Gasteiger partial charge >= 0.3 is 12.1 Å². The minimum atomic E-state index is -0.587. The van der Waals surface area contributed by atoms with Gasteiger partial charge in [0.05, 0.1) is 17.1 Å². The van der Waals surface area contributed by atoms with Crippen LogP contribution >= 0.6 is 11.8 Å². The first-order valence-corrected chi connectivity index (χ1v) is 11.6. The van der Waals surface area contributed by atoms with Crippen molar-refractivity contribution >= 4 is 29.5 Å². The lowest BCUT2D eigenvalue weighted by atomic mass is 10.2. The molecule has 1 N–H and O–H groups in total. The number of amides is 1. The maximum absolute atomic E-state index is 12.3. The Kier molecular flexibility index (Phi) is 9.48. The third-order valence-corrected chi connectivity index (χ3v) is 5.92. The SMILES string of the molecule is O=C(NC(CCOC(=O)c1ccc([N+](=O)[O-])cc1)CSc1ccccc1)OCc1ccccc1. The van der Waals surface area contributed by atoms with Crippen LogP contribution in [0.5, 0.6) is 0 Å². The summed E-state index contributed by atoms with van der Waals surface area (Å²) in [5, 5.41) is 13.6. The maximum Gasteiger partial charge on any atom is 0.407 e. The smallest absolute Gasteiger partial charge is 0.407 e. The average Bonchev–Trinajstić information content (AvgIpc) is 2.87. The second-order valence-electron chi connectivity index (χ2n) is 7.26. The van der Waals surface area contributed by atoms with Crippen molar-refractivity contribution in [2.45, 2.75) is 24.0 Å². The van der Waals surface area contributed by atoms with E-state index in [0.29, 0.717) is 12.2 Å². The van der Waals surface area contributed by atoms with Crippen molar-refractivity contribution in [2.75, 3.05) is 12.4 Å². The molecule has 8 nitrogen and oxygen atoms in total. The van der Waals surface area contributed by atoms with Gasteiger partial charge in [0.1, 0.15) is 6.61 Å². The van der Waals surface area contributed by atoms with Gasteiger partial charge in [-0.05, 0) is 29.8 Å². The molecule has 1 amide bonds. The van der Waals surface area contributed by atoms with Gasteiger partial charge in [-0.3, -0.25) is 10.1 Å². The van der Waals surface area contributed by atoms with E-state index in [2.05, 4.69) is 5.32 Å². The van der Waals surface area contributed by atoms with Crippen LogP contribution in [-0.2, 0) is 16.1 Å². The number of alkyl carbamates (subject to hydrolysis) is 1. The predicted molar refractivity (Wildman–Crippen MR) is 129 cm³/mol. The Morgan fingerprint density at radius 2 is 1.56 bits per heavy atom. The molecule has 0 radical (unpaired) electrons. The average molecular weight is 481 g/mol. The monoisotopic (exact) mass is 480 g/mol. The topological polar surface area (TPSA) is 108 Å². The first-order chi connectivity index (χ1) is 16.5. The molecule has 34 heavy (non-hydrogen) atoms. The van der Waals surface area contributed by atoms with E-state index in [1.54, 1.807) is 11.8 Å². The highest BCUT2D eigenvalue weighted by molar-refractivity contribution is 7.99. The summed E-state index contributed by atoms with van der Waals surface area (Å²) in [5.74, 6) is -0.0319. The van der Waals surface area contributed by atoms with Gasteiger partial charge in [0.15, 0.2) is 0 Å². The lowest BCUT2D eigenvalue weighted by Crippen LogP contribution is -2.38. The second kappa shape index (κ2) is 13.0. The largest absolute Gasteiger partial charge is 0.462 e. The minimum Gasteiger partial charge on any atom is -0.462 e. The Balaban J connectivity index is 1.52. The minimum absolute atomic E-state index is 0.0643. The van der Waals surface area contributed by atoms with E-state index in [9.17, 15) is 19.7 Å². The molecule has 0 aliphatic carbocycles. The van der Waals surface area contributed by atoms with Gasteiger partial charge in [-0.25, -0.2) is 9.59 Å². The van der Waals surface area contributed by atoms with Crippen LogP contribution in [0.4, 0.5) is 10.5 Å². The normalized spacial score (nSPS) is 11.3. The number of nitrogens with one attached hydrogen (secondary N) is 1. The number of nitro benzene ring substituents is 1. The van der Waals surface area contributed by atoms with E-state index in [-0.39, 0.29) is 30.5 Å². The molecule has 0 saturated carbocycles. The van der Waals surface area contributed by atoms with Crippen LogP contribution in [0.3, 0.4) is 0 Å². The number of non-ortho nitro benzene ring substituents is 1. The van der Waals surface area contributed by atoms with Gasteiger partial charge < -0.3 is 14.8 Å². The maximum atomic E-state index is 12.3. The third-order valence-electron chi connectivity index (χ3n) is 4.74. The molecular formula is C25H24N2O6S. The first-order valence-electron chi connectivity index (χ1n) is 10.6. The van der Waals surface area contributed by atoms with Gasteiger partial charge in [0.2, 0.25) is 0 Å². The van der Waals surface area contributed by atoms with Crippen LogP contribution in [0.2, 0.25) is 0 Å². The van der Waals surface area contributed by atoms with E-state index in [4.69, 9.17) is 9.47 Å². The van der Waals surface area contributed by atoms with Crippen molar-refractivity contribution in [3.05, 3.63) is 106 Å². The lowest BCUT2D eigenvalue weighted by molar-refractivity contribution is -0.384. The molecule has 0 fully saturated rings. The van der Waals surface area contributed by atoms with Gasteiger partial charge in [0, 0.05) is 35.2 Å². The number of carbonyl (C=O) groups is 2. The molecule has 3 aromatic rings. The van der Waals surface area contributed by atoms with Crippen molar-refractivity contribution in [3.63, 3.8) is 0 Å². The third kappa shape index (κ3) is 8.25.